The van der Waals surface area contributed by atoms with Gasteiger partial charge in [-0.05, 0) is 43.4 Å². The summed E-state index contributed by atoms with van der Waals surface area (Å²) in [4.78, 5) is 14.3. The predicted molar refractivity (Wildman–Crippen MR) is 78.3 cm³/mol. The van der Waals surface area contributed by atoms with Gasteiger partial charge in [0.25, 0.3) is 0 Å². The maximum atomic E-state index is 12.1. The van der Waals surface area contributed by atoms with Crippen molar-refractivity contribution in [3.8, 4) is 0 Å². The summed E-state index contributed by atoms with van der Waals surface area (Å²) < 4.78 is 0. The van der Waals surface area contributed by atoms with Gasteiger partial charge in [-0.15, -0.1) is 0 Å². The minimum atomic E-state index is 0.304. The first-order chi connectivity index (χ1) is 9.04. The molecule has 0 aromatic heterocycles. The third-order valence-electron chi connectivity index (χ3n) is 4.00. The van der Waals surface area contributed by atoms with Gasteiger partial charge in [-0.1, -0.05) is 18.2 Å². The Hall–Kier alpha value is -1.19. The Bertz CT molecular complexity index is 448. The Kier molecular flexibility index (Phi) is 4.72. The van der Waals surface area contributed by atoms with E-state index in [1.54, 1.807) is 0 Å². The van der Waals surface area contributed by atoms with Gasteiger partial charge in [-0.25, -0.2) is 0 Å². The van der Waals surface area contributed by atoms with Crippen molar-refractivity contribution in [3.63, 3.8) is 0 Å². The van der Waals surface area contributed by atoms with Gasteiger partial charge in [0.2, 0.25) is 0 Å². The molecule has 2 rings (SSSR count). The predicted octanol–water partition coefficient (Wildman–Crippen LogP) is 1.84. The van der Waals surface area contributed by atoms with Gasteiger partial charge >= 0.3 is 0 Å². The smallest absolute Gasteiger partial charge is 0.151 e. The van der Waals surface area contributed by atoms with Gasteiger partial charge in [0, 0.05) is 25.6 Å². The van der Waals surface area contributed by atoms with E-state index in [0.717, 1.165) is 31.5 Å². The first kappa shape index (κ1) is 14.2. The Labute approximate surface area is 115 Å². The molecule has 1 aliphatic heterocycles. The second-order valence-corrected chi connectivity index (χ2v) is 5.75. The molecule has 1 heterocycles. The number of hydrogen-bond donors (Lipinski definition) is 1. The molecule has 0 spiro atoms. The molecule has 3 nitrogen and oxygen atoms in total. The molecule has 0 saturated carbocycles. The van der Waals surface area contributed by atoms with Crippen molar-refractivity contribution in [1.29, 1.82) is 0 Å². The van der Waals surface area contributed by atoms with E-state index in [4.69, 9.17) is 5.73 Å². The summed E-state index contributed by atoms with van der Waals surface area (Å²) in [6.45, 7) is 6.67. The lowest BCUT2D eigenvalue weighted by molar-refractivity contribution is -0.119. The van der Waals surface area contributed by atoms with E-state index in [1.165, 1.54) is 11.1 Å². The van der Waals surface area contributed by atoms with Crippen molar-refractivity contribution >= 4 is 5.78 Å². The third kappa shape index (κ3) is 4.15. The number of carbonyl (C=O) groups excluding carboxylic acids is 1. The van der Waals surface area contributed by atoms with E-state index in [2.05, 4.69) is 36.9 Å². The lowest BCUT2D eigenvalue weighted by atomic mass is 10.0. The number of piperidine rings is 1. The van der Waals surface area contributed by atoms with Crippen LogP contribution < -0.4 is 5.73 Å². The highest BCUT2D eigenvalue weighted by Gasteiger charge is 2.18. The Morgan fingerprint density at radius 2 is 1.95 bits per heavy atom. The van der Waals surface area contributed by atoms with Crippen LogP contribution in [0.25, 0.3) is 0 Å². The molecule has 1 saturated heterocycles. The van der Waals surface area contributed by atoms with Crippen LogP contribution >= 0.6 is 0 Å². The summed E-state index contributed by atoms with van der Waals surface area (Å²) in [7, 11) is 0. The number of Topliss-reactive ketones (excluding diaryl/α,β-unsaturated/α-hetero) is 1. The molecule has 0 bridgehead atoms. The van der Waals surface area contributed by atoms with E-state index >= 15 is 0 Å². The van der Waals surface area contributed by atoms with Crippen molar-refractivity contribution in [2.24, 2.45) is 5.73 Å². The van der Waals surface area contributed by atoms with Crippen molar-refractivity contribution < 1.29 is 4.79 Å². The standard InChI is InChI=1S/C16H24N2O/c1-12-3-4-14(9-13(12)2)10-16(19)11-18-7-5-15(17)6-8-18/h3-4,9,15H,5-8,10-11,17H2,1-2H3. The molecule has 1 aromatic rings. The number of likely N-dealkylation sites (tertiary alicyclic amines) is 1. The van der Waals surface area contributed by atoms with Crippen LogP contribution in [0.3, 0.4) is 0 Å². The van der Waals surface area contributed by atoms with Crippen molar-refractivity contribution in [2.75, 3.05) is 19.6 Å². The van der Waals surface area contributed by atoms with Crippen LogP contribution in [0.15, 0.2) is 18.2 Å². The average molecular weight is 260 g/mol. The van der Waals surface area contributed by atoms with Gasteiger partial charge in [0.05, 0.1) is 6.54 Å². The zero-order valence-corrected chi connectivity index (χ0v) is 12.0. The fraction of sp³-hybridized carbons (Fsp3) is 0.562. The van der Waals surface area contributed by atoms with E-state index in [-0.39, 0.29) is 0 Å². The number of nitrogens with two attached hydrogens (primary N) is 1. The molecule has 1 fully saturated rings. The second kappa shape index (κ2) is 6.31. The lowest BCUT2D eigenvalue weighted by Gasteiger charge is -2.29. The van der Waals surface area contributed by atoms with Crippen LogP contribution in [0, 0.1) is 13.8 Å². The summed E-state index contributed by atoms with van der Waals surface area (Å²) in [5.41, 5.74) is 9.53. The molecule has 3 heteroatoms. The number of rotatable bonds is 4. The van der Waals surface area contributed by atoms with E-state index < -0.39 is 0 Å². The van der Waals surface area contributed by atoms with E-state index in [1.807, 2.05) is 0 Å². The molecule has 0 aliphatic carbocycles. The monoisotopic (exact) mass is 260 g/mol. The van der Waals surface area contributed by atoms with Crippen molar-refractivity contribution in [2.45, 2.75) is 39.2 Å². The summed E-state index contributed by atoms with van der Waals surface area (Å²) >= 11 is 0. The molecular weight excluding hydrogens is 236 g/mol. The highest BCUT2D eigenvalue weighted by Crippen LogP contribution is 2.12. The quantitative estimate of drug-likeness (QED) is 0.898. The highest BCUT2D eigenvalue weighted by molar-refractivity contribution is 5.82. The fourth-order valence-corrected chi connectivity index (χ4v) is 2.56. The second-order valence-electron chi connectivity index (χ2n) is 5.75. The number of carbonyl (C=O) groups is 1. The maximum absolute atomic E-state index is 12.1. The number of benzene rings is 1. The zero-order chi connectivity index (χ0) is 13.8. The third-order valence-corrected chi connectivity index (χ3v) is 4.00. The summed E-state index contributed by atoms with van der Waals surface area (Å²) in [6, 6.07) is 6.61. The first-order valence-electron chi connectivity index (χ1n) is 7.10. The molecule has 104 valence electrons. The molecule has 0 unspecified atom stereocenters. The minimum absolute atomic E-state index is 0.304. The molecule has 2 N–H and O–H groups in total. The topological polar surface area (TPSA) is 46.3 Å². The van der Waals surface area contributed by atoms with Crippen LogP contribution in [-0.2, 0) is 11.2 Å². The molecule has 1 aromatic carbocycles. The van der Waals surface area contributed by atoms with Gasteiger partial charge in [-0.2, -0.15) is 0 Å². The van der Waals surface area contributed by atoms with Gasteiger partial charge in [0.1, 0.15) is 0 Å². The highest BCUT2D eigenvalue weighted by atomic mass is 16.1. The molecule has 0 atom stereocenters. The largest absolute Gasteiger partial charge is 0.328 e. The van der Waals surface area contributed by atoms with Crippen molar-refractivity contribution in [1.82, 2.24) is 4.90 Å². The number of ketones is 1. The van der Waals surface area contributed by atoms with Crippen LogP contribution in [0.2, 0.25) is 0 Å². The Balaban J connectivity index is 1.85. The fourth-order valence-electron chi connectivity index (χ4n) is 2.56. The van der Waals surface area contributed by atoms with Gasteiger partial charge in [-0.3, -0.25) is 9.69 Å². The van der Waals surface area contributed by atoms with Gasteiger partial charge in [0.15, 0.2) is 5.78 Å². The van der Waals surface area contributed by atoms with Crippen molar-refractivity contribution in [3.05, 3.63) is 34.9 Å². The zero-order valence-electron chi connectivity index (χ0n) is 12.0. The summed E-state index contributed by atoms with van der Waals surface area (Å²) in [5.74, 6) is 0.304. The normalized spacial score (nSPS) is 17.6. The molecule has 19 heavy (non-hydrogen) atoms. The van der Waals surface area contributed by atoms with Gasteiger partial charge < -0.3 is 5.73 Å². The minimum Gasteiger partial charge on any atom is -0.328 e. The maximum Gasteiger partial charge on any atom is 0.151 e. The Morgan fingerprint density at radius 1 is 1.26 bits per heavy atom. The van der Waals surface area contributed by atoms with Crippen LogP contribution in [0.5, 0.6) is 0 Å². The molecule has 0 radical (unpaired) electrons. The van der Waals surface area contributed by atoms with Crippen LogP contribution in [-0.4, -0.2) is 36.4 Å². The molecular formula is C16H24N2O. The molecule has 1 aliphatic rings. The Morgan fingerprint density at radius 3 is 2.58 bits per heavy atom. The first-order valence-corrected chi connectivity index (χ1v) is 7.10. The van der Waals surface area contributed by atoms with E-state index in [0.29, 0.717) is 24.8 Å². The van der Waals surface area contributed by atoms with Crippen LogP contribution in [0.4, 0.5) is 0 Å². The van der Waals surface area contributed by atoms with Crippen LogP contribution in [0.1, 0.15) is 29.5 Å². The molecule has 0 amide bonds. The van der Waals surface area contributed by atoms with E-state index in [9.17, 15) is 4.79 Å². The number of nitrogens with zero attached hydrogens (tertiary/aromatic N) is 1. The lowest BCUT2D eigenvalue weighted by Crippen LogP contribution is -2.42. The summed E-state index contributed by atoms with van der Waals surface area (Å²) in [5, 5.41) is 0. The SMILES string of the molecule is Cc1ccc(CC(=O)CN2CCC(N)CC2)cc1C. The average Bonchev–Trinajstić information content (AvgIpc) is 2.37. The number of aryl methyl sites for hydroxylation is 2. The number of hydrogen-bond acceptors (Lipinski definition) is 3. The summed E-state index contributed by atoms with van der Waals surface area (Å²) in [6.07, 6.45) is 2.57.